The van der Waals surface area contributed by atoms with E-state index in [2.05, 4.69) is 5.10 Å². The van der Waals surface area contributed by atoms with E-state index in [0.717, 1.165) is 10.9 Å². The fourth-order valence-corrected chi connectivity index (χ4v) is 4.43. The number of nitrogens with zero attached hydrogens (tertiary/aromatic N) is 3. The highest BCUT2D eigenvalue weighted by Gasteiger charge is 2.16. The van der Waals surface area contributed by atoms with Crippen molar-refractivity contribution in [2.45, 2.75) is 6.61 Å². The lowest BCUT2D eigenvalue weighted by molar-refractivity contribution is 0.306. The smallest absolute Gasteiger partial charge is 0.282 e. The molecule has 186 valence electrons. The molecule has 0 N–H and O–H groups in total. The lowest BCUT2D eigenvalue weighted by atomic mass is 10.2. The molecule has 4 aromatic carbocycles. The highest BCUT2D eigenvalue weighted by atomic mass is 35.5. The van der Waals surface area contributed by atoms with Crippen molar-refractivity contribution in [2.24, 2.45) is 5.10 Å². The van der Waals surface area contributed by atoms with Gasteiger partial charge in [0, 0.05) is 10.9 Å². The van der Waals surface area contributed by atoms with Crippen LogP contribution in [0, 0.1) is 0 Å². The number of benzene rings is 4. The molecule has 0 aliphatic heterocycles. The number of hydrogen-bond acceptors (Lipinski definition) is 5. The summed E-state index contributed by atoms with van der Waals surface area (Å²) in [5.41, 5.74) is 2.50. The van der Waals surface area contributed by atoms with Crippen LogP contribution in [0.1, 0.15) is 11.1 Å². The number of rotatable bonds is 6. The van der Waals surface area contributed by atoms with Gasteiger partial charge in [-0.25, -0.2) is 4.98 Å². The first kappa shape index (κ1) is 24.0. The van der Waals surface area contributed by atoms with Crippen LogP contribution in [0.15, 0.2) is 111 Å². The second-order valence-electron chi connectivity index (χ2n) is 8.54. The lowest BCUT2D eigenvalue weighted by Gasteiger charge is -2.10. The molecule has 0 atom stereocenters. The third-order valence-corrected chi connectivity index (χ3v) is 6.75. The SMILES string of the molecule is O=c1c2ccccc2nc(-c2cc3ccccc3o2)n1N=Cc1ccccc1OCc1ccc(Cl)c(Cl)c1. The molecule has 8 heteroatoms. The summed E-state index contributed by atoms with van der Waals surface area (Å²) in [7, 11) is 0. The zero-order chi connectivity index (χ0) is 26.1. The summed E-state index contributed by atoms with van der Waals surface area (Å²) in [6.07, 6.45) is 1.58. The average molecular weight is 540 g/mol. The maximum Gasteiger partial charge on any atom is 0.282 e. The molecule has 0 saturated carbocycles. The van der Waals surface area contributed by atoms with Gasteiger partial charge in [0.25, 0.3) is 5.56 Å². The topological polar surface area (TPSA) is 69.6 Å². The Morgan fingerprint density at radius 1 is 0.895 bits per heavy atom. The number of fused-ring (bicyclic) bond motifs is 2. The molecule has 0 unspecified atom stereocenters. The van der Waals surface area contributed by atoms with Crippen molar-refractivity contribution >= 4 is 51.3 Å². The molecule has 0 aliphatic rings. The quantitative estimate of drug-likeness (QED) is 0.204. The van der Waals surface area contributed by atoms with Crippen LogP contribution in [0.4, 0.5) is 0 Å². The standard InChI is InChI=1S/C30H19Cl2N3O3/c31-23-14-13-19(15-24(23)32)18-37-26-11-5-2-8-21(26)17-33-35-29(28-16-20-7-1-6-12-27(20)38-28)34-25-10-4-3-9-22(25)30(35)36/h1-17H,18H2. The molecule has 0 radical (unpaired) electrons. The molecule has 2 heterocycles. The molecule has 0 amide bonds. The number of halogens is 2. The van der Waals surface area contributed by atoms with Gasteiger partial charge in [-0.15, -0.1) is 0 Å². The van der Waals surface area contributed by atoms with Crippen molar-refractivity contribution in [2.75, 3.05) is 0 Å². The van der Waals surface area contributed by atoms with Gasteiger partial charge in [-0.05, 0) is 54.1 Å². The molecule has 0 bridgehead atoms. The molecular formula is C30H19Cl2N3O3. The van der Waals surface area contributed by atoms with Gasteiger partial charge in [0.15, 0.2) is 5.76 Å². The van der Waals surface area contributed by atoms with Crippen LogP contribution in [0.25, 0.3) is 33.5 Å². The number of ether oxygens (including phenoxy) is 1. The van der Waals surface area contributed by atoms with Gasteiger partial charge in [-0.2, -0.15) is 9.78 Å². The van der Waals surface area contributed by atoms with Crippen LogP contribution in [-0.4, -0.2) is 15.9 Å². The Balaban J connectivity index is 1.40. The minimum absolute atomic E-state index is 0.281. The van der Waals surface area contributed by atoms with E-state index < -0.39 is 0 Å². The van der Waals surface area contributed by atoms with E-state index in [1.165, 1.54) is 4.68 Å². The molecule has 0 fully saturated rings. The summed E-state index contributed by atoms with van der Waals surface area (Å²) in [6.45, 7) is 0.281. The first-order valence-corrected chi connectivity index (χ1v) is 12.5. The van der Waals surface area contributed by atoms with Crippen LogP contribution in [-0.2, 0) is 6.61 Å². The van der Waals surface area contributed by atoms with Crippen molar-refractivity contribution in [1.82, 2.24) is 9.66 Å². The van der Waals surface area contributed by atoms with Gasteiger partial charge in [0.2, 0.25) is 5.82 Å². The number of para-hydroxylation sites is 3. The van der Waals surface area contributed by atoms with E-state index in [-0.39, 0.29) is 12.2 Å². The Morgan fingerprint density at radius 2 is 1.68 bits per heavy atom. The fraction of sp³-hybridized carbons (Fsp3) is 0.0333. The van der Waals surface area contributed by atoms with E-state index in [1.807, 2.05) is 66.7 Å². The van der Waals surface area contributed by atoms with Gasteiger partial charge < -0.3 is 9.15 Å². The normalized spacial score (nSPS) is 11.5. The Bertz CT molecular complexity index is 1860. The van der Waals surface area contributed by atoms with Crippen LogP contribution in [0.5, 0.6) is 5.75 Å². The van der Waals surface area contributed by atoms with Crippen LogP contribution in [0.3, 0.4) is 0 Å². The number of furan rings is 1. The lowest BCUT2D eigenvalue weighted by Crippen LogP contribution is -2.20. The van der Waals surface area contributed by atoms with Crippen LogP contribution < -0.4 is 10.3 Å². The van der Waals surface area contributed by atoms with Crippen molar-refractivity contribution in [3.05, 3.63) is 129 Å². The maximum atomic E-state index is 13.5. The Hall–Kier alpha value is -4.39. The minimum atomic E-state index is -0.309. The molecule has 6 nitrogen and oxygen atoms in total. The van der Waals surface area contributed by atoms with E-state index in [1.54, 1.807) is 36.5 Å². The van der Waals surface area contributed by atoms with Gasteiger partial charge in [0.05, 0.1) is 27.2 Å². The van der Waals surface area contributed by atoms with Gasteiger partial charge in [-0.1, -0.05) is 71.7 Å². The zero-order valence-corrected chi connectivity index (χ0v) is 21.4. The Kier molecular flexibility index (Phi) is 6.42. The van der Waals surface area contributed by atoms with Crippen molar-refractivity contribution in [3.63, 3.8) is 0 Å². The zero-order valence-electron chi connectivity index (χ0n) is 19.8. The molecule has 0 spiro atoms. The van der Waals surface area contributed by atoms with E-state index in [4.69, 9.17) is 37.3 Å². The molecule has 6 rings (SSSR count). The summed E-state index contributed by atoms with van der Waals surface area (Å²) in [5.74, 6) is 1.33. The predicted molar refractivity (Wildman–Crippen MR) is 151 cm³/mol. The molecular weight excluding hydrogens is 521 g/mol. The predicted octanol–water partition coefficient (Wildman–Crippen LogP) is 7.58. The van der Waals surface area contributed by atoms with Crippen LogP contribution >= 0.6 is 23.2 Å². The molecule has 38 heavy (non-hydrogen) atoms. The number of hydrogen-bond donors (Lipinski definition) is 0. The van der Waals surface area contributed by atoms with Gasteiger partial charge >= 0.3 is 0 Å². The highest BCUT2D eigenvalue weighted by Crippen LogP contribution is 2.28. The van der Waals surface area contributed by atoms with Crippen molar-refractivity contribution in [1.29, 1.82) is 0 Å². The molecule has 2 aromatic heterocycles. The fourth-order valence-electron chi connectivity index (χ4n) is 4.11. The highest BCUT2D eigenvalue weighted by molar-refractivity contribution is 6.42. The van der Waals surface area contributed by atoms with E-state index in [0.29, 0.717) is 49.4 Å². The summed E-state index contributed by atoms with van der Waals surface area (Å²) >= 11 is 12.2. The monoisotopic (exact) mass is 539 g/mol. The second-order valence-corrected chi connectivity index (χ2v) is 9.35. The first-order chi connectivity index (χ1) is 18.6. The summed E-state index contributed by atoms with van der Waals surface area (Å²) in [5, 5.41) is 6.85. The maximum absolute atomic E-state index is 13.5. The second kappa shape index (κ2) is 10.2. The van der Waals surface area contributed by atoms with E-state index >= 15 is 0 Å². The summed E-state index contributed by atoms with van der Waals surface area (Å²) in [4.78, 5) is 18.3. The number of aromatic nitrogens is 2. The third kappa shape index (κ3) is 4.67. The molecule has 0 saturated heterocycles. The first-order valence-electron chi connectivity index (χ1n) is 11.8. The van der Waals surface area contributed by atoms with Gasteiger partial charge in [-0.3, -0.25) is 4.79 Å². The van der Waals surface area contributed by atoms with Crippen molar-refractivity contribution in [3.8, 4) is 17.3 Å². The summed E-state index contributed by atoms with van der Waals surface area (Å²) in [6, 6.07) is 29.4. The molecule has 6 aromatic rings. The summed E-state index contributed by atoms with van der Waals surface area (Å²) < 4.78 is 13.3. The largest absolute Gasteiger partial charge is 0.488 e. The van der Waals surface area contributed by atoms with Crippen molar-refractivity contribution < 1.29 is 9.15 Å². The third-order valence-electron chi connectivity index (χ3n) is 6.01. The van der Waals surface area contributed by atoms with Gasteiger partial charge in [0.1, 0.15) is 17.9 Å². The van der Waals surface area contributed by atoms with Crippen LogP contribution in [0.2, 0.25) is 10.0 Å². The average Bonchev–Trinajstić information content (AvgIpc) is 3.38. The Morgan fingerprint density at radius 3 is 2.55 bits per heavy atom. The minimum Gasteiger partial charge on any atom is -0.488 e. The Labute approximate surface area is 227 Å². The van der Waals surface area contributed by atoms with E-state index in [9.17, 15) is 4.79 Å². The molecule has 0 aliphatic carbocycles.